The Labute approximate surface area is 79.4 Å². The van der Waals surface area contributed by atoms with E-state index in [1.54, 1.807) is 13.8 Å². The molecule has 0 bridgehead atoms. The maximum absolute atomic E-state index is 10.9. The van der Waals surface area contributed by atoms with Crippen LogP contribution in [0.2, 0.25) is 0 Å². The highest BCUT2D eigenvalue weighted by Crippen LogP contribution is 2.33. The molecule has 0 N–H and O–H groups in total. The highest BCUT2D eigenvalue weighted by molar-refractivity contribution is 5.76. The van der Waals surface area contributed by atoms with Gasteiger partial charge in [0.2, 0.25) is 0 Å². The van der Waals surface area contributed by atoms with Crippen LogP contribution >= 0.6 is 0 Å². The van der Waals surface area contributed by atoms with Crippen molar-refractivity contribution in [1.29, 1.82) is 5.26 Å². The van der Waals surface area contributed by atoms with Gasteiger partial charge in [-0.2, -0.15) is 5.26 Å². The summed E-state index contributed by atoms with van der Waals surface area (Å²) >= 11 is 0. The van der Waals surface area contributed by atoms with Crippen LogP contribution < -0.4 is 5.11 Å². The van der Waals surface area contributed by atoms with Gasteiger partial charge in [0.25, 0.3) is 0 Å². The Hall–Kier alpha value is -1.04. The predicted molar refractivity (Wildman–Crippen MR) is 47.3 cm³/mol. The number of carboxylic acid groups (broad SMARTS) is 1. The fraction of sp³-hybridized carbons (Fsp3) is 0.800. The second-order valence-corrected chi connectivity index (χ2v) is 4.12. The van der Waals surface area contributed by atoms with Crippen LogP contribution in [0.1, 0.15) is 34.1 Å². The lowest BCUT2D eigenvalue weighted by Gasteiger charge is -2.33. The number of carboxylic acids is 1. The summed E-state index contributed by atoms with van der Waals surface area (Å²) in [5.74, 6) is -1.29. The minimum absolute atomic E-state index is 0.181. The number of nitrogens with zero attached hydrogens (tertiary/aromatic N) is 1. The van der Waals surface area contributed by atoms with Crippen LogP contribution in [0.15, 0.2) is 0 Å². The van der Waals surface area contributed by atoms with Crippen LogP contribution in [-0.4, -0.2) is 5.97 Å². The molecule has 1 atom stereocenters. The molecule has 0 aliphatic heterocycles. The summed E-state index contributed by atoms with van der Waals surface area (Å²) in [7, 11) is 0. The first-order valence-corrected chi connectivity index (χ1v) is 4.49. The maximum atomic E-state index is 10.9. The third kappa shape index (κ3) is 2.45. The minimum Gasteiger partial charge on any atom is -0.548 e. The molecular formula is C10H16NO2-. The van der Waals surface area contributed by atoms with E-state index in [0.29, 0.717) is 6.42 Å². The van der Waals surface area contributed by atoms with Crippen molar-refractivity contribution in [2.24, 2.45) is 17.3 Å². The molecule has 0 aromatic carbocycles. The number of nitriles is 1. The molecule has 0 aromatic heterocycles. The van der Waals surface area contributed by atoms with Gasteiger partial charge < -0.3 is 9.90 Å². The number of aliphatic carboxylic acids is 1. The molecule has 0 saturated heterocycles. The Morgan fingerprint density at radius 3 is 2.00 bits per heavy atom. The van der Waals surface area contributed by atoms with Gasteiger partial charge in [-0.15, -0.1) is 0 Å². The highest BCUT2D eigenvalue weighted by atomic mass is 16.4. The van der Waals surface area contributed by atoms with Crippen molar-refractivity contribution in [3.8, 4) is 6.07 Å². The summed E-state index contributed by atoms with van der Waals surface area (Å²) in [5, 5.41) is 19.8. The SMILES string of the molecule is CC(C)CC(C#N)(C(=O)[O-])C(C)C. The van der Waals surface area contributed by atoms with Gasteiger partial charge in [0.15, 0.2) is 0 Å². The lowest BCUT2D eigenvalue weighted by atomic mass is 9.73. The van der Waals surface area contributed by atoms with Crippen molar-refractivity contribution >= 4 is 5.97 Å². The molecule has 0 aliphatic carbocycles. The van der Waals surface area contributed by atoms with Gasteiger partial charge in [-0.25, -0.2) is 0 Å². The van der Waals surface area contributed by atoms with Crippen LogP contribution in [0.25, 0.3) is 0 Å². The third-order valence-corrected chi connectivity index (χ3v) is 2.28. The first-order valence-electron chi connectivity index (χ1n) is 4.49. The van der Waals surface area contributed by atoms with Gasteiger partial charge in [-0.1, -0.05) is 27.7 Å². The van der Waals surface area contributed by atoms with E-state index in [2.05, 4.69) is 0 Å². The Kier molecular flexibility index (Phi) is 3.93. The van der Waals surface area contributed by atoms with Gasteiger partial charge in [-0.3, -0.25) is 0 Å². The van der Waals surface area contributed by atoms with E-state index in [4.69, 9.17) is 5.26 Å². The van der Waals surface area contributed by atoms with Gasteiger partial charge >= 0.3 is 0 Å². The Bertz CT molecular complexity index is 228. The lowest BCUT2D eigenvalue weighted by Crippen LogP contribution is -2.45. The molecule has 74 valence electrons. The summed E-state index contributed by atoms with van der Waals surface area (Å²) in [4.78, 5) is 10.9. The summed E-state index contributed by atoms with van der Waals surface area (Å²) in [6, 6.07) is 1.88. The standard InChI is InChI=1S/C10H17NO2/c1-7(2)5-10(6-11,8(3)4)9(12)13/h7-8H,5H2,1-4H3,(H,12,13)/p-1. The summed E-state index contributed by atoms with van der Waals surface area (Å²) < 4.78 is 0. The van der Waals surface area contributed by atoms with Crippen LogP contribution in [0, 0.1) is 28.6 Å². The van der Waals surface area contributed by atoms with Crippen molar-refractivity contribution in [3.05, 3.63) is 0 Å². The molecule has 0 aromatic rings. The van der Waals surface area contributed by atoms with Crippen molar-refractivity contribution in [2.45, 2.75) is 34.1 Å². The maximum Gasteiger partial charge on any atom is 0.0991 e. The zero-order chi connectivity index (χ0) is 10.6. The summed E-state index contributed by atoms with van der Waals surface area (Å²) in [6.45, 7) is 7.28. The zero-order valence-electron chi connectivity index (χ0n) is 8.63. The van der Waals surface area contributed by atoms with E-state index in [-0.39, 0.29) is 11.8 Å². The number of rotatable bonds is 4. The van der Waals surface area contributed by atoms with Crippen molar-refractivity contribution in [3.63, 3.8) is 0 Å². The number of carbonyl (C=O) groups is 1. The predicted octanol–water partition coefficient (Wildman–Crippen LogP) is 0.948. The van der Waals surface area contributed by atoms with Crippen molar-refractivity contribution in [1.82, 2.24) is 0 Å². The van der Waals surface area contributed by atoms with Crippen LogP contribution in [0.3, 0.4) is 0 Å². The minimum atomic E-state index is -1.33. The normalized spacial score (nSPS) is 15.5. The lowest BCUT2D eigenvalue weighted by molar-refractivity contribution is -0.318. The smallest absolute Gasteiger partial charge is 0.0991 e. The molecule has 0 fully saturated rings. The molecule has 0 saturated carbocycles. The quantitative estimate of drug-likeness (QED) is 0.650. The first kappa shape index (κ1) is 12.0. The van der Waals surface area contributed by atoms with Crippen LogP contribution in [-0.2, 0) is 4.79 Å². The molecule has 3 heteroatoms. The molecular weight excluding hydrogens is 166 g/mol. The van der Waals surface area contributed by atoms with E-state index in [0.717, 1.165) is 0 Å². The van der Waals surface area contributed by atoms with Gasteiger partial charge in [-0.05, 0) is 18.3 Å². The molecule has 3 nitrogen and oxygen atoms in total. The van der Waals surface area contributed by atoms with Crippen molar-refractivity contribution < 1.29 is 9.90 Å². The van der Waals surface area contributed by atoms with Crippen LogP contribution in [0.5, 0.6) is 0 Å². The number of hydrogen-bond acceptors (Lipinski definition) is 3. The van der Waals surface area contributed by atoms with Crippen molar-refractivity contribution in [2.75, 3.05) is 0 Å². The van der Waals surface area contributed by atoms with Crippen LogP contribution in [0.4, 0.5) is 0 Å². The van der Waals surface area contributed by atoms with Gasteiger partial charge in [0.05, 0.1) is 17.5 Å². The zero-order valence-corrected chi connectivity index (χ0v) is 8.63. The second-order valence-electron chi connectivity index (χ2n) is 4.12. The third-order valence-electron chi connectivity index (χ3n) is 2.28. The average molecular weight is 182 g/mol. The molecule has 0 aliphatic rings. The molecule has 0 radical (unpaired) electrons. The Morgan fingerprint density at radius 2 is 1.92 bits per heavy atom. The fourth-order valence-electron chi connectivity index (χ4n) is 1.42. The second kappa shape index (κ2) is 4.27. The number of carbonyl (C=O) groups excluding carboxylic acids is 1. The fourth-order valence-corrected chi connectivity index (χ4v) is 1.42. The molecule has 0 spiro atoms. The summed E-state index contributed by atoms with van der Waals surface area (Å²) in [5.41, 5.74) is -1.33. The summed E-state index contributed by atoms with van der Waals surface area (Å²) in [6.07, 6.45) is 0.351. The topological polar surface area (TPSA) is 63.9 Å². The van der Waals surface area contributed by atoms with E-state index in [9.17, 15) is 9.90 Å². The Morgan fingerprint density at radius 1 is 1.46 bits per heavy atom. The average Bonchev–Trinajstić information content (AvgIpc) is 1.98. The molecule has 0 amide bonds. The van der Waals surface area contributed by atoms with E-state index in [1.807, 2.05) is 19.9 Å². The van der Waals surface area contributed by atoms with Gasteiger partial charge in [0.1, 0.15) is 0 Å². The molecule has 13 heavy (non-hydrogen) atoms. The highest BCUT2D eigenvalue weighted by Gasteiger charge is 2.36. The van der Waals surface area contributed by atoms with E-state index >= 15 is 0 Å². The van der Waals surface area contributed by atoms with E-state index in [1.165, 1.54) is 0 Å². The molecule has 1 unspecified atom stereocenters. The Balaban J connectivity index is 4.91. The van der Waals surface area contributed by atoms with Gasteiger partial charge in [0, 0.05) is 0 Å². The molecule has 0 heterocycles. The monoisotopic (exact) mass is 182 g/mol. The molecule has 0 rings (SSSR count). The largest absolute Gasteiger partial charge is 0.548 e. The number of hydrogen-bond donors (Lipinski definition) is 0. The van der Waals surface area contributed by atoms with E-state index < -0.39 is 11.4 Å². The first-order chi connectivity index (χ1) is 5.86.